The Hall–Kier alpha value is -0.500. The van der Waals surface area contributed by atoms with Crippen molar-refractivity contribution in [3.63, 3.8) is 0 Å². The van der Waals surface area contributed by atoms with Crippen molar-refractivity contribution in [1.82, 2.24) is 0 Å². The Morgan fingerprint density at radius 2 is 1.62 bits per heavy atom. The Balaban J connectivity index is 0.000000671. The highest BCUT2D eigenvalue weighted by Gasteiger charge is 2.00. The summed E-state index contributed by atoms with van der Waals surface area (Å²) in [5.41, 5.74) is 2.41. The van der Waals surface area contributed by atoms with Crippen LogP contribution in [0, 0.1) is 13.8 Å². The van der Waals surface area contributed by atoms with Crippen LogP contribution in [0.5, 0.6) is 5.75 Å². The van der Waals surface area contributed by atoms with Gasteiger partial charge in [0, 0.05) is 4.47 Å². The summed E-state index contributed by atoms with van der Waals surface area (Å²) < 4.78 is 6.25. The molecule has 2 heteroatoms. The van der Waals surface area contributed by atoms with Gasteiger partial charge in [-0.3, -0.25) is 0 Å². The number of methoxy groups -OCH3 is 1. The number of rotatable bonds is 1. The van der Waals surface area contributed by atoms with Crippen LogP contribution >= 0.6 is 15.9 Å². The number of hydrogen-bond acceptors (Lipinski definition) is 1. The summed E-state index contributed by atoms with van der Waals surface area (Å²) in [6.45, 7) is 8.11. The number of ether oxygens (including phenoxy) is 1. The molecule has 0 fully saturated rings. The summed E-state index contributed by atoms with van der Waals surface area (Å²) in [6, 6.07) is 4.09. The molecule has 0 aliphatic carbocycles. The molecule has 0 N–H and O–H groups in total. The lowest BCUT2D eigenvalue weighted by atomic mass is 10.1. The van der Waals surface area contributed by atoms with Crippen molar-refractivity contribution in [2.75, 3.05) is 7.11 Å². The quantitative estimate of drug-likeness (QED) is 0.723. The maximum absolute atomic E-state index is 5.15. The molecule has 0 spiro atoms. The molecule has 0 heterocycles. The number of hydrogen-bond donors (Lipinski definition) is 0. The first-order chi connectivity index (χ1) is 6.15. The van der Waals surface area contributed by atoms with E-state index in [4.69, 9.17) is 4.74 Å². The van der Waals surface area contributed by atoms with Crippen molar-refractivity contribution < 1.29 is 4.74 Å². The van der Waals surface area contributed by atoms with Gasteiger partial charge in [-0.1, -0.05) is 35.8 Å². The normalized spacial score (nSPS) is 8.77. The summed E-state index contributed by atoms with van der Waals surface area (Å²) >= 11 is 3.44. The third kappa shape index (κ3) is 3.39. The Bertz CT molecular complexity index is 269. The van der Waals surface area contributed by atoms with Crippen LogP contribution in [0.3, 0.4) is 0 Å². The largest absolute Gasteiger partial charge is 0.496 e. The van der Waals surface area contributed by atoms with Crippen molar-refractivity contribution in [1.29, 1.82) is 0 Å². The average Bonchev–Trinajstić information content (AvgIpc) is 2.15. The summed E-state index contributed by atoms with van der Waals surface area (Å²) in [4.78, 5) is 0. The van der Waals surface area contributed by atoms with Crippen LogP contribution in [-0.2, 0) is 0 Å². The van der Waals surface area contributed by atoms with E-state index in [1.54, 1.807) is 7.11 Å². The minimum Gasteiger partial charge on any atom is -0.496 e. The molecular weight excluding hydrogens is 228 g/mol. The van der Waals surface area contributed by atoms with Crippen LogP contribution in [0.25, 0.3) is 0 Å². The van der Waals surface area contributed by atoms with Gasteiger partial charge in [-0.15, -0.1) is 0 Å². The molecule has 0 atom stereocenters. The molecule has 1 aromatic carbocycles. The number of halogens is 1. The standard InChI is InChI=1S/C9H11BrO.C2H6/c1-6-4-7(2)9(11-3)5-8(6)10;1-2/h4-5H,1-3H3;1-2H3. The van der Waals surface area contributed by atoms with Crippen molar-refractivity contribution in [2.24, 2.45) is 0 Å². The van der Waals surface area contributed by atoms with Crippen molar-refractivity contribution in [3.8, 4) is 5.75 Å². The molecule has 0 aromatic heterocycles. The Morgan fingerprint density at radius 3 is 2.08 bits per heavy atom. The van der Waals surface area contributed by atoms with E-state index in [0.29, 0.717) is 0 Å². The minimum absolute atomic E-state index is 0.933. The fourth-order valence-electron chi connectivity index (χ4n) is 1.03. The summed E-state index contributed by atoms with van der Waals surface area (Å²) in [7, 11) is 1.68. The van der Waals surface area contributed by atoms with Crippen LogP contribution in [0.1, 0.15) is 25.0 Å². The van der Waals surface area contributed by atoms with Crippen molar-refractivity contribution in [3.05, 3.63) is 27.7 Å². The Labute approximate surface area is 89.2 Å². The van der Waals surface area contributed by atoms with Gasteiger partial charge in [-0.25, -0.2) is 0 Å². The van der Waals surface area contributed by atoms with Crippen LogP contribution in [0.4, 0.5) is 0 Å². The molecule has 0 aliphatic heterocycles. The fourth-order valence-corrected chi connectivity index (χ4v) is 1.35. The summed E-state index contributed by atoms with van der Waals surface area (Å²) in [5.74, 6) is 0.933. The van der Waals surface area contributed by atoms with Gasteiger partial charge in [-0.05, 0) is 31.0 Å². The average molecular weight is 245 g/mol. The fraction of sp³-hybridized carbons (Fsp3) is 0.455. The third-order valence-electron chi connectivity index (χ3n) is 1.68. The van der Waals surface area contributed by atoms with Gasteiger partial charge in [0.1, 0.15) is 5.75 Å². The maximum atomic E-state index is 5.15. The first kappa shape index (κ1) is 12.5. The second-order valence-corrected chi connectivity index (χ2v) is 3.43. The third-order valence-corrected chi connectivity index (χ3v) is 2.53. The van der Waals surface area contributed by atoms with Crippen LogP contribution in [0.15, 0.2) is 16.6 Å². The highest BCUT2D eigenvalue weighted by Crippen LogP contribution is 2.25. The monoisotopic (exact) mass is 244 g/mol. The predicted molar refractivity (Wildman–Crippen MR) is 61.5 cm³/mol. The van der Waals surface area contributed by atoms with Gasteiger partial charge in [0.25, 0.3) is 0 Å². The first-order valence-electron chi connectivity index (χ1n) is 4.46. The van der Waals surface area contributed by atoms with Gasteiger partial charge in [0.2, 0.25) is 0 Å². The van der Waals surface area contributed by atoms with E-state index in [2.05, 4.69) is 28.9 Å². The zero-order valence-corrected chi connectivity index (χ0v) is 10.5. The van der Waals surface area contributed by atoms with Gasteiger partial charge >= 0.3 is 0 Å². The molecule has 13 heavy (non-hydrogen) atoms. The molecule has 1 aromatic rings. The van der Waals surface area contributed by atoms with Crippen molar-refractivity contribution in [2.45, 2.75) is 27.7 Å². The van der Waals surface area contributed by atoms with Gasteiger partial charge in [0.15, 0.2) is 0 Å². The molecule has 0 saturated carbocycles. The molecule has 0 bridgehead atoms. The number of benzene rings is 1. The molecule has 74 valence electrons. The summed E-state index contributed by atoms with van der Waals surface area (Å²) in [6.07, 6.45) is 0. The lowest BCUT2D eigenvalue weighted by Crippen LogP contribution is -1.88. The van der Waals surface area contributed by atoms with E-state index in [0.717, 1.165) is 10.2 Å². The van der Waals surface area contributed by atoms with E-state index < -0.39 is 0 Å². The molecule has 0 unspecified atom stereocenters. The SMILES string of the molecule is CC.COc1cc(Br)c(C)cc1C. The smallest absolute Gasteiger partial charge is 0.122 e. The highest BCUT2D eigenvalue weighted by molar-refractivity contribution is 9.10. The van der Waals surface area contributed by atoms with Crippen LogP contribution in [-0.4, -0.2) is 7.11 Å². The molecule has 1 rings (SSSR count). The molecule has 0 aliphatic rings. The zero-order valence-electron chi connectivity index (χ0n) is 8.94. The Kier molecular flexibility index (Phi) is 5.80. The summed E-state index contributed by atoms with van der Waals surface area (Å²) in [5, 5.41) is 0. The molecule has 0 radical (unpaired) electrons. The number of aryl methyl sites for hydroxylation is 2. The van der Waals surface area contributed by atoms with E-state index >= 15 is 0 Å². The van der Waals surface area contributed by atoms with Crippen molar-refractivity contribution >= 4 is 15.9 Å². The topological polar surface area (TPSA) is 9.23 Å². The van der Waals surface area contributed by atoms with E-state index in [-0.39, 0.29) is 0 Å². The maximum Gasteiger partial charge on any atom is 0.122 e. The van der Waals surface area contributed by atoms with Crippen LogP contribution < -0.4 is 4.74 Å². The van der Waals surface area contributed by atoms with E-state index in [1.165, 1.54) is 11.1 Å². The Morgan fingerprint density at radius 1 is 1.08 bits per heavy atom. The predicted octanol–water partition coefficient (Wildman–Crippen LogP) is 4.10. The molecular formula is C11H17BrO. The second-order valence-electron chi connectivity index (χ2n) is 2.57. The van der Waals surface area contributed by atoms with Gasteiger partial charge in [0.05, 0.1) is 7.11 Å². The van der Waals surface area contributed by atoms with Gasteiger partial charge < -0.3 is 4.74 Å². The van der Waals surface area contributed by atoms with E-state index in [1.807, 2.05) is 26.8 Å². The second kappa shape index (κ2) is 6.03. The minimum atomic E-state index is 0.933. The first-order valence-corrected chi connectivity index (χ1v) is 5.25. The zero-order chi connectivity index (χ0) is 10.4. The highest BCUT2D eigenvalue weighted by atomic mass is 79.9. The lowest BCUT2D eigenvalue weighted by molar-refractivity contribution is 0.411. The van der Waals surface area contributed by atoms with Gasteiger partial charge in [-0.2, -0.15) is 0 Å². The molecule has 0 amide bonds. The van der Waals surface area contributed by atoms with E-state index in [9.17, 15) is 0 Å². The lowest BCUT2D eigenvalue weighted by Gasteiger charge is -2.06. The molecule has 0 saturated heterocycles. The molecule has 1 nitrogen and oxygen atoms in total. The van der Waals surface area contributed by atoms with Crippen LogP contribution in [0.2, 0.25) is 0 Å².